The van der Waals surface area contributed by atoms with Crippen LogP contribution in [-0.4, -0.2) is 36.9 Å². The van der Waals surface area contributed by atoms with Gasteiger partial charge in [-0.05, 0) is 43.0 Å². The average molecular weight is 378 g/mol. The predicted molar refractivity (Wildman–Crippen MR) is 111 cm³/mol. The first-order valence-corrected chi connectivity index (χ1v) is 9.79. The van der Waals surface area contributed by atoms with E-state index in [9.17, 15) is 0 Å². The Morgan fingerprint density at radius 2 is 1.71 bits per heavy atom. The van der Waals surface area contributed by atoms with E-state index in [0.717, 1.165) is 46.7 Å². The minimum absolute atomic E-state index is 0.315. The molecular weight excluding hydrogens is 352 g/mol. The van der Waals surface area contributed by atoms with E-state index in [1.165, 1.54) is 18.4 Å². The fraction of sp³-hybridized carbons (Fsp3) is 0.391. The van der Waals surface area contributed by atoms with E-state index in [-0.39, 0.29) is 0 Å². The second-order valence-electron chi connectivity index (χ2n) is 7.49. The number of rotatable bonds is 4. The molecule has 2 atom stereocenters. The highest BCUT2D eigenvalue weighted by Gasteiger charge is 2.34. The van der Waals surface area contributed by atoms with Crippen LogP contribution in [0.4, 0.5) is 0 Å². The molecule has 0 bridgehead atoms. The summed E-state index contributed by atoms with van der Waals surface area (Å²) in [6.45, 7) is 1.78. The Labute approximate surface area is 165 Å². The molecule has 2 aliphatic rings. The quantitative estimate of drug-likeness (QED) is 0.473. The fourth-order valence-corrected chi connectivity index (χ4v) is 4.43. The molecule has 0 unspecified atom stereocenters. The highest BCUT2D eigenvalue weighted by molar-refractivity contribution is 6.15. The zero-order chi connectivity index (χ0) is 19.7. The first-order chi connectivity index (χ1) is 13.7. The van der Waals surface area contributed by atoms with Gasteiger partial charge >= 0.3 is 0 Å². The lowest BCUT2D eigenvalue weighted by Gasteiger charge is -2.35. The molecule has 146 valence electrons. The number of ether oxygens (including phenoxy) is 2. The van der Waals surface area contributed by atoms with Gasteiger partial charge < -0.3 is 14.7 Å². The topological polar surface area (TPSA) is 63.4 Å². The van der Waals surface area contributed by atoms with Crippen molar-refractivity contribution in [1.29, 1.82) is 0 Å². The molecule has 0 saturated heterocycles. The SMILES string of the molecule is COc1cc2c(cc1OC)[C@H]1CCCC[C@H]1N=C2c1ccc(C(C)=NO)cc1. The molecule has 1 N–H and O–H groups in total. The number of methoxy groups -OCH3 is 2. The lowest BCUT2D eigenvalue weighted by Crippen LogP contribution is -2.29. The third-order valence-electron chi connectivity index (χ3n) is 5.96. The van der Waals surface area contributed by atoms with Crippen LogP contribution in [-0.2, 0) is 0 Å². The van der Waals surface area contributed by atoms with E-state index in [1.807, 2.05) is 24.3 Å². The van der Waals surface area contributed by atoms with E-state index >= 15 is 0 Å². The van der Waals surface area contributed by atoms with Gasteiger partial charge in [-0.1, -0.05) is 42.3 Å². The average Bonchev–Trinajstić information content (AvgIpc) is 2.77. The van der Waals surface area contributed by atoms with Crippen LogP contribution in [0.3, 0.4) is 0 Å². The molecule has 28 heavy (non-hydrogen) atoms. The molecule has 0 radical (unpaired) electrons. The van der Waals surface area contributed by atoms with Crippen molar-refractivity contribution in [3.05, 3.63) is 58.7 Å². The number of oxime groups is 1. The van der Waals surface area contributed by atoms with E-state index < -0.39 is 0 Å². The van der Waals surface area contributed by atoms with Crippen LogP contribution in [0.25, 0.3) is 0 Å². The third kappa shape index (κ3) is 3.15. The summed E-state index contributed by atoms with van der Waals surface area (Å²) in [7, 11) is 3.35. The van der Waals surface area contributed by atoms with Crippen molar-refractivity contribution < 1.29 is 14.7 Å². The Morgan fingerprint density at radius 1 is 1.04 bits per heavy atom. The molecule has 0 aromatic heterocycles. The summed E-state index contributed by atoms with van der Waals surface area (Å²) >= 11 is 0. The van der Waals surface area contributed by atoms with Crippen molar-refractivity contribution in [3.8, 4) is 11.5 Å². The summed E-state index contributed by atoms with van der Waals surface area (Å²) in [6.07, 6.45) is 4.76. The first-order valence-electron chi connectivity index (χ1n) is 9.79. The lowest BCUT2D eigenvalue weighted by atomic mass is 9.75. The normalized spacial score (nSPS) is 21.4. The molecule has 1 aliphatic carbocycles. The number of fused-ring (bicyclic) bond motifs is 3. The molecule has 5 heteroatoms. The molecule has 4 rings (SSSR count). The summed E-state index contributed by atoms with van der Waals surface area (Å²) in [4.78, 5) is 5.18. The number of hydrogen-bond donors (Lipinski definition) is 1. The van der Waals surface area contributed by atoms with Gasteiger partial charge in [0.25, 0.3) is 0 Å². The summed E-state index contributed by atoms with van der Waals surface area (Å²) in [6, 6.07) is 12.6. The summed E-state index contributed by atoms with van der Waals surface area (Å²) in [5, 5.41) is 12.3. The first kappa shape index (κ1) is 18.5. The van der Waals surface area contributed by atoms with Crippen molar-refractivity contribution in [2.75, 3.05) is 14.2 Å². The maximum absolute atomic E-state index is 9.01. The fourth-order valence-electron chi connectivity index (χ4n) is 4.43. The van der Waals surface area contributed by atoms with Gasteiger partial charge in [0.2, 0.25) is 0 Å². The van der Waals surface area contributed by atoms with Gasteiger partial charge in [0.15, 0.2) is 11.5 Å². The van der Waals surface area contributed by atoms with Gasteiger partial charge in [-0.15, -0.1) is 0 Å². The maximum atomic E-state index is 9.01. The Kier molecular flexibility index (Phi) is 5.07. The number of benzene rings is 2. The van der Waals surface area contributed by atoms with Crippen molar-refractivity contribution in [3.63, 3.8) is 0 Å². The Balaban J connectivity index is 1.84. The third-order valence-corrected chi connectivity index (χ3v) is 5.96. The van der Waals surface area contributed by atoms with Gasteiger partial charge in [0, 0.05) is 17.0 Å². The van der Waals surface area contributed by atoms with Crippen LogP contribution in [0.15, 0.2) is 46.5 Å². The largest absolute Gasteiger partial charge is 0.493 e. The Hall–Kier alpha value is -2.82. The van der Waals surface area contributed by atoms with E-state index in [0.29, 0.717) is 17.7 Å². The molecule has 1 fully saturated rings. The second-order valence-corrected chi connectivity index (χ2v) is 7.49. The van der Waals surface area contributed by atoms with Crippen LogP contribution >= 0.6 is 0 Å². The van der Waals surface area contributed by atoms with Gasteiger partial charge in [-0.2, -0.15) is 0 Å². The number of hydrogen-bond acceptors (Lipinski definition) is 5. The smallest absolute Gasteiger partial charge is 0.161 e. The number of nitrogens with zero attached hydrogens (tertiary/aromatic N) is 2. The Bertz CT molecular complexity index is 932. The molecular formula is C23H26N2O3. The van der Waals surface area contributed by atoms with Crippen LogP contribution < -0.4 is 9.47 Å². The molecule has 1 heterocycles. The molecule has 1 aliphatic heterocycles. The lowest BCUT2D eigenvalue weighted by molar-refractivity contribution is 0.319. The minimum atomic E-state index is 0.315. The van der Waals surface area contributed by atoms with Crippen LogP contribution in [0.1, 0.15) is 60.8 Å². The molecule has 5 nitrogen and oxygen atoms in total. The van der Waals surface area contributed by atoms with Gasteiger partial charge in [0.1, 0.15) is 0 Å². The van der Waals surface area contributed by atoms with Crippen molar-refractivity contribution >= 4 is 11.4 Å². The second kappa shape index (κ2) is 7.66. The zero-order valence-corrected chi connectivity index (χ0v) is 16.6. The van der Waals surface area contributed by atoms with Crippen LogP contribution in [0.5, 0.6) is 11.5 Å². The van der Waals surface area contributed by atoms with E-state index in [4.69, 9.17) is 19.7 Å². The molecule has 2 aromatic rings. The van der Waals surface area contributed by atoms with Crippen molar-refractivity contribution in [2.45, 2.75) is 44.6 Å². The predicted octanol–water partition coefficient (Wildman–Crippen LogP) is 4.78. The van der Waals surface area contributed by atoms with Gasteiger partial charge in [0.05, 0.1) is 31.7 Å². The highest BCUT2D eigenvalue weighted by atomic mass is 16.5. The molecule has 2 aromatic carbocycles. The summed E-state index contributed by atoms with van der Waals surface area (Å²) in [5.74, 6) is 1.94. The molecule has 0 amide bonds. The summed E-state index contributed by atoms with van der Waals surface area (Å²) < 4.78 is 11.1. The molecule has 1 saturated carbocycles. The minimum Gasteiger partial charge on any atom is -0.493 e. The van der Waals surface area contributed by atoms with Crippen molar-refractivity contribution in [2.24, 2.45) is 10.1 Å². The van der Waals surface area contributed by atoms with Crippen LogP contribution in [0.2, 0.25) is 0 Å². The van der Waals surface area contributed by atoms with Crippen molar-refractivity contribution in [1.82, 2.24) is 0 Å². The van der Waals surface area contributed by atoms with E-state index in [1.54, 1.807) is 21.1 Å². The summed E-state index contributed by atoms with van der Waals surface area (Å²) in [5.41, 5.74) is 5.99. The highest BCUT2D eigenvalue weighted by Crippen LogP contribution is 2.44. The van der Waals surface area contributed by atoms with E-state index in [2.05, 4.69) is 17.3 Å². The zero-order valence-electron chi connectivity index (χ0n) is 16.6. The number of aliphatic imine (C=N–C) groups is 1. The maximum Gasteiger partial charge on any atom is 0.161 e. The molecule has 0 spiro atoms. The van der Waals surface area contributed by atoms with Gasteiger partial charge in [-0.25, -0.2) is 0 Å². The van der Waals surface area contributed by atoms with Crippen LogP contribution in [0, 0.1) is 0 Å². The standard InChI is InChI=1S/C23H26N2O3/c1-14(25-26)15-8-10-16(11-9-15)23-19-13-22(28-3)21(27-2)12-18(19)17-6-4-5-7-20(17)24-23/h8-13,17,20,26H,4-7H2,1-3H3/t17-,20-/m1/s1. The van der Waals surface area contributed by atoms with Gasteiger partial charge in [-0.3, -0.25) is 4.99 Å². The monoisotopic (exact) mass is 378 g/mol. The Morgan fingerprint density at radius 3 is 2.39 bits per heavy atom.